The van der Waals surface area contributed by atoms with E-state index in [-0.39, 0.29) is 10.8 Å². The third-order valence-corrected chi connectivity index (χ3v) is 20.6. The molecule has 1 aromatic heterocycles. The molecule has 1 heterocycles. The molecule has 0 amide bonds. The lowest BCUT2D eigenvalue weighted by molar-refractivity contribution is 0.660. The van der Waals surface area contributed by atoms with Crippen LogP contribution in [-0.2, 0) is 10.8 Å². The molecule has 2 aliphatic carbocycles. The van der Waals surface area contributed by atoms with Crippen molar-refractivity contribution in [2.24, 2.45) is 0 Å². The van der Waals surface area contributed by atoms with E-state index in [1.54, 1.807) is 0 Å². The van der Waals surface area contributed by atoms with Gasteiger partial charge in [-0.3, -0.25) is 0 Å². The Hall–Kier alpha value is -11.8. The summed E-state index contributed by atoms with van der Waals surface area (Å²) in [4.78, 5) is 4.85. The van der Waals surface area contributed by atoms with Gasteiger partial charge in [-0.2, -0.15) is 0 Å². The van der Waals surface area contributed by atoms with Gasteiger partial charge < -0.3 is 14.4 Å². The van der Waals surface area contributed by atoms with E-state index in [0.29, 0.717) is 0 Å². The molecule has 0 N–H and O–H groups in total. The van der Waals surface area contributed by atoms with Crippen LogP contribution in [-0.4, -0.2) is 4.57 Å². The molecule has 0 radical (unpaired) electrons. The van der Waals surface area contributed by atoms with Crippen LogP contribution in [0.1, 0.15) is 72.2 Å². The summed E-state index contributed by atoms with van der Waals surface area (Å²) < 4.78 is 2.41. The first-order valence-electron chi connectivity index (χ1n) is 33.2. The van der Waals surface area contributed by atoms with Gasteiger partial charge in [0.15, 0.2) is 0 Å². The van der Waals surface area contributed by atoms with Gasteiger partial charge in [0.1, 0.15) is 0 Å². The highest BCUT2D eigenvalue weighted by molar-refractivity contribution is 6.11. The lowest BCUT2D eigenvalue weighted by Gasteiger charge is -2.28. The zero-order valence-electron chi connectivity index (χ0n) is 53.6. The third-order valence-electron chi connectivity index (χ3n) is 20.6. The van der Waals surface area contributed by atoms with Crippen LogP contribution < -0.4 is 9.80 Å². The highest BCUT2D eigenvalue weighted by Crippen LogP contribution is 2.54. The van der Waals surface area contributed by atoms with Gasteiger partial charge in [0.05, 0.1) is 11.0 Å². The van der Waals surface area contributed by atoms with E-state index in [1.807, 2.05) is 0 Å². The second-order valence-electron chi connectivity index (χ2n) is 27.0. The first-order chi connectivity index (χ1) is 46.5. The molecule has 15 aromatic carbocycles. The molecule has 0 fully saturated rings. The van der Waals surface area contributed by atoms with Crippen molar-refractivity contribution in [3.8, 4) is 27.9 Å². The zero-order chi connectivity index (χ0) is 63.5. The monoisotopic (exact) mass is 1210 g/mol. The topological polar surface area (TPSA) is 11.4 Å². The van der Waals surface area contributed by atoms with Crippen molar-refractivity contribution >= 4 is 123 Å². The van der Waals surface area contributed by atoms with Crippen LogP contribution in [0.2, 0.25) is 0 Å². The SMILES string of the molecule is CC1(C)c2cc(/C=C/c3ccc4c(c3)c3cc(/C=C/c5ccc6c(c5)C(C)(C)c5cc(N(c7ccc8ccccc8c7)c7ccc8ccccc8c7)ccc5-6)ccc3n4-c3ccccc3)ccc2-c2ccc(N(c3ccc4ccccc4c3)c3ccc4ccccc4c3)cc21. The number of benzene rings is 15. The summed E-state index contributed by atoms with van der Waals surface area (Å²) in [5.74, 6) is 0. The number of hydrogen-bond donors (Lipinski definition) is 0. The lowest BCUT2D eigenvalue weighted by Crippen LogP contribution is -2.16. The van der Waals surface area contributed by atoms with Gasteiger partial charge in [-0.15, -0.1) is 0 Å². The fourth-order valence-corrected chi connectivity index (χ4v) is 15.6. The van der Waals surface area contributed by atoms with Gasteiger partial charge in [0, 0.05) is 61.4 Å². The number of anilines is 6. The van der Waals surface area contributed by atoms with Crippen molar-refractivity contribution in [3.63, 3.8) is 0 Å². The number of nitrogens with zero attached hydrogens (tertiary/aromatic N) is 3. The van der Waals surface area contributed by atoms with E-state index in [0.717, 1.165) is 50.9 Å². The van der Waals surface area contributed by atoms with Crippen molar-refractivity contribution in [3.05, 3.63) is 354 Å². The third kappa shape index (κ3) is 9.48. The van der Waals surface area contributed by atoms with Gasteiger partial charge in [0.25, 0.3) is 0 Å². The Morgan fingerprint density at radius 3 is 0.874 bits per heavy atom. The summed E-state index contributed by atoms with van der Waals surface area (Å²) in [6.45, 7) is 9.56. The Labute approximate surface area is 554 Å². The number of para-hydroxylation sites is 1. The summed E-state index contributed by atoms with van der Waals surface area (Å²) >= 11 is 0. The largest absolute Gasteiger partial charge is 0.310 e. The van der Waals surface area contributed by atoms with Crippen LogP contribution in [0.4, 0.5) is 34.1 Å². The number of fused-ring (bicyclic) bond motifs is 13. The normalized spacial score (nSPS) is 13.6. The van der Waals surface area contributed by atoms with Gasteiger partial charge in [-0.1, -0.05) is 252 Å². The Balaban J connectivity index is 0.647. The minimum atomic E-state index is -0.233. The fourth-order valence-electron chi connectivity index (χ4n) is 15.6. The first-order valence-corrected chi connectivity index (χ1v) is 33.2. The van der Waals surface area contributed by atoms with E-state index in [1.165, 1.54) is 121 Å². The maximum absolute atomic E-state index is 2.44. The summed E-state index contributed by atoms with van der Waals surface area (Å²) in [7, 11) is 0. The summed E-state index contributed by atoms with van der Waals surface area (Å²) in [5, 5.41) is 12.3. The molecule has 2 aliphatic rings. The van der Waals surface area contributed by atoms with Gasteiger partial charge in [-0.25, -0.2) is 0 Å². The Kier molecular flexibility index (Phi) is 12.9. The standard InChI is InChI=1S/C92H67N3/c1-91(2)85-52-62(30-44-79(85)81-46-42-77(58-87(81)91)93(73-38-34-64-16-8-12-20-68(64)54-73)74-39-35-65-17-9-13-21-69(65)55-74)28-26-60-32-48-89-83(50-60)84-51-61(33-49-90(84)95(89)72-24-6-5-7-25-72)27-29-63-31-45-80-82-47-43-78(59-88(82)92(3,4)86(80)53-63)94(75-40-36-66-18-10-14-22-70(66)56-75)76-41-37-67-19-11-15-23-71(67)57-76/h5-59H,1-4H3/b28-26+,29-27+. The van der Waals surface area contributed by atoms with Crippen LogP contribution in [0, 0.1) is 0 Å². The Morgan fingerprint density at radius 2 is 0.516 bits per heavy atom. The quantitative estimate of drug-likeness (QED) is 0.120. The minimum Gasteiger partial charge on any atom is -0.310 e. The minimum absolute atomic E-state index is 0.233. The van der Waals surface area contributed by atoms with Crippen molar-refractivity contribution < 1.29 is 0 Å². The van der Waals surface area contributed by atoms with Crippen LogP contribution in [0.25, 0.3) is 117 Å². The Morgan fingerprint density at radius 1 is 0.242 bits per heavy atom. The average molecular weight is 1210 g/mol. The summed E-state index contributed by atoms with van der Waals surface area (Å²) in [6, 6.07) is 115. The molecule has 3 heteroatoms. The van der Waals surface area contributed by atoms with Crippen LogP contribution in [0.5, 0.6) is 0 Å². The van der Waals surface area contributed by atoms with E-state index in [4.69, 9.17) is 0 Å². The Bertz CT molecular complexity index is 5380. The molecule has 3 nitrogen and oxygen atoms in total. The average Bonchev–Trinajstić information content (AvgIpc) is 1.57. The van der Waals surface area contributed by atoms with Crippen molar-refractivity contribution in [2.75, 3.05) is 9.80 Å². The van der Waals surface area contributed by atoms with Crippen LogP contribution in [0.3, 0.4) is 0 Å². The highest BCUT2D eigenvalue weighted by atomic mass is 15.1. The molecular formula is C92H67N3. The van der Waals surface area contributed by atoms with Crippen molar-refractivity contribution in [1.82, 2.24) is 4.57 Å². The number of rotatable bonds is 11. The van der Waals surface area contributed by atoms with Crippen molar-refractivity contribution in [1.29, 1.82) is 0 Å². The summed E-state index contributed by atoms with van der Waals surface area (Å²) in [5.41, 5.74) is 25.1. The van der Waals surface area contributed by atoms with E-state index in [9.17, 15) is 0 Å². The second-order valence-corrected chi connectivity index (χ2v) is 27.0. The smallest absolute Gasteiger partial charge is 0.0541 e. The molecule has 16 aromatic rings. The molecule has 450 valence electrons. The first kappa shape index (κ1) is 56.0. The van der Waals surface area contributed by atoms with Gasteiger partial charge in [0.2, 0.25) is 0 Å². The molecule has 0 unspecified atom stereocenters. The predicted molar refractivity (Wildman–Crippen MR) is 406 cm³/mol. The molecule has 0 atom stereocenters. The van der Waals surface area contributed by atoms with E-state index >= 15 is 0 Å². The van der Waals surface area contributed by atoms with Crippen LogP contribution >= 0.6 is 0 Å². The second kappa shape index (κ2) is 21.9. The van der Waals surface area contributed by atoms with Gasteiger partial charge in [-0.05, 0) is 219 Å². The molecule has 0 saturated heterocycles. The molecular weight excluding hydrogens is 1150 g/mol. The molecule has 18 rings (SSSR count). The predicted octanol–water partition coefficient (Wildman–Crippen LogP) is 25.3. The molecule has 0 saturated carbocycles. The number of aromatic nitrogens is 1. The molecule has 0 spiro atoms. The van der Waals surface area contributed by atoms with Gasteiger partial charge >= 0.3 is 0 Å². The summed E-state index contributed by atoms with van der Waals surface area (Å²) in [6.07, 6.45) is 9.16. The lowest BCUT2D eigenvalue weighted by atomic mass is 9.81. The van der Waals surface area contributed by atoms with E-state index < -0.39 is 0 Å². The van der Waals surface area contributed by atoms with E-state index in [2.05, 4.69) is 376 Å². The van der Waals surface area contributed by atoms with Crippen molar-refractivity contribution in [2.45, 2.75) is 38.5 Å². The molecule has 0 bridgehead atoms. The zero-order valence-corrected chi connectivity index (χ0v) is 53.6. The maximum Gasteiger partial charge on any atom is 0.0541 e. The molecule has 95 heavy (non-hydrogen) atoms. The molecule has 0 aliphatic heterocycles. The number of hydrogen-bond acceptors (Lipinski definition) is 2. The van der Waals surface area contributed by atoms with Crippen LogP contribution in [0.15, 0.2) is 309 Å². The fraction of sp³-hybridized carbons (Fsp3) is 0.0652. The highest BCUT2D eigenvalue weighted by Gasteiger charge is 2.38. The maximum atomic E-state index is 2.44.